The normalized spacial score (nSPS) is 11.4. The minimum absolute atomic E-state index is 0.0370. The zero-order valence-corrected chi connectivity index (χ0v) is 20.8. The lowest BCUT2D eigenvalue weighted by molar-refractivity contribution is -0.0146. The van der Waals surface area contributed by atoms with Crippen LogP contribution in [0.4, 0.5) is 0 Å². The Bertz CT molecular complexity index is 539. The molecule has 0 heterocycles. The third-order valence-corrected chi connectivity index (χ3v) is 4.91. The summed E-state index contributed by atoms with van der Waals surface area (Å²) in [5, 5.41) is 8.57. The topological polar surface area (TPSA) is 75.6 Å². The van der Waals surface area contributed by atoms with Crippen molar-refractivity contribution in [3.8, 4) is 5.75 Å². The molecule has 1 N–H and O–H groups in total. The summed E-state index contributed by atoms with van der Waals surface area (Å²) in [7, 11) is 0. The van der Waals surface area contributed by atoms with Crippen LogP contribution in [0.25, 0.3) is 0 Å². The molecule has 1 rings (SSSR count). The number of aliphatic hydroxyl groups excluding tert-OH is 1. The Labute approximate surface area is 200 Å². The van der Waals surface area contributed by atoms with E-state index in [0.717, 1.165) is 18.1 Å². The number of aryl methyl sites for hydroxylation is 1. The van der Waals surface area contributed by atoms with Crippen LogP contribution < -0.4 is 4.74 Å². The first-order valence-electron chi connectivity index (χ1n) is 12.4. The fourth-order valence-electron chi connectivity index (χ4n) is 3.15. The van der Waals surface area contributed by atoms with Gasteiger partial charge in [-0.3, -0.25) is 0 Å². The second-order valence-electron chi connectivity index (χ2n) is 8.23. The minimum Gasteiger partial charge on any atom is -0.491 e. The van der Waals surface area contributed by atoms with Gasteiger partial charge in [-0.1, -0.05) is 51.3 Å². The van der Waals surface area contributed by atoms with Crippen LogP contribution in [-0.2, 0) is 30.1 Å². The molecule has 0 amide bonds. The molecule has 7 nitrogen and oxygen atoms in total. The van der Waals surface area contributed by atoms with Crippen LogP contribution >= 0.6 is 0 Å². The van der Waals surface area contributed by atoms with Crippen molar-refractivity contribution in [1.82, 2.24) is 0 Å². The van der Waals surface area contributed by atoms with Gasteiger partial charge in [0.1, 0.15) is 12.4 Å². The second kappa shape index (κ2) is 22.6. The fourth-order valence-corrected chi connectivity index (χ4v) is 3.15. The Morgan fingerprint density at radius 1 is 0.636 bits per heavy atom. The number of rotatable bonds is 24. The standard InChI is InChI=1S/C26H46O7/c1-24(2)8-4-3-5-9-25-10-6-7-11-26(25)33-23-22-32-21-20-31-19-18-30-17-16-29-15-14-28-13-12-27/h6-7,10-11,24,27H,3-5,8-9,12-23H2,1-2H3. The van der Waals surface area contributed by atoms with Crippen molar-refractivity contribution in [2.75, 3.05) is 79.3 Å². The van der Waals surface area contributed by atoms with Crippen molar-refractivity contribution in [1.29, 1.82) is 0 Å². The molecule has 1 aromatic rings. The lowest BCUT2D eigenvalue weighted by Crippen LogP contribution is -2.14. The van der Waals surface area contributed by atoms with Gasteiger partial charge in [0.25, 0.3) is 0 Å². The van der Waals surface area contributed by atoms with Gasteiger partial charge < -0.3 is 33.5 Å². The number of hydrogen-bond acceptors (Lipinski definition) is 7. The van der Waals surface area contributed by atoms with Crippen molar-refractivity contribution in [3.63, 3.8) is 0 Å². The van der Waals surface area contributed by atoms with Gasteiger partial charge in [0.05, 0.1) is 72.7 Å². The summed E-state index contributed by atoms with van der Waals surface area (Å²) in [6, 6.07) is 8.31. The molecule has 0 fully saturated rings. The van der Waals surface area contributed by atoms with Crippen LogP contribution in [0.2, 0.25) is 0 Å². The van der Waals surface area contributed by atoms with Crippen molar-refractivity contribution in [2.24, 2.45) is 5.92 Å². The maximum atomic E-state index is 8.57. The van der Waals surface area contributed by atoms with Crippen LogP contribution in [-0.4, -0.2) is 84.4 Å². The highest BCUT2D eigenvalue weighted by Gasteiger charge is 2.03. The summed E-state index contributed by atoms with van der Waals surface area (Å²) in [5.41, 5.74) is 1.28. The third kappa shape index (κ3) is 18.8. The number of benzene rings is 1. The van der Waals surface area contributed by atoms with Crippen molar-refractivity contribution in [3.05, 3.63) is 29.8 Å². The molecule has 0 aliphatic carbocycles. The van der Waals surface area contributed by atoms with E-state index in [1.807, 2.05) is 12.1 Å². The highest BCUT2D eigenvalue weighted by molar-refractivity contribution is 5.33. The predicted molar refractivity (Wildman–Crippen MR) is 130 cm³/mol. The molecule has 192 valence electrons. The van der Waals surface area contributed by atoms with Crippen LogP contribution in [0.1, 0.15) is 45.1 Å². The van der Waals surface area contributed by atoms with Gasteiger partial charge in [0.2, 0.25) is 0 Å². The van der Waals surface area contributed by atoms with Gasteiger partial charge in [-0.05, 0) is 30.4 Å². The molecule has 0 atom stereocenters. The van der Waals surface area contributed by atoms with Crippen molar-refractivity contribution >= 4 is 0 Å². The summed E-state index contributed by atoms with van der Waals surface area (Å²) in [6.45, 7) is 10.2. The quantitative estimate of drug-likeness (QED) is 0.230. The Hall–Kier alpha value is -1.22. The monoisotopic (exact) mass is 470 g/mol. The van der Waals surface area contributed by atoms with E-state index in [4.69, 9.17) is 33.5 Å². The largest absolute Gasteiger partial charge is 0.491 e. The molecule has 0 aliphatic heterocycles. The molecule has 0 aliphatic rings. The Morgan fingerprint density at radius 3 is 1.70 bits per heavy atom. The SMILES string of the molecule is CC(C)CCCCCc1ccccc1OCCOCCOCCOCCOCCOCCO. The van der Waals surface area contributed by atoms with E-state index >= 15 is 0 Å². The third-order valence-electron chi connectivity index (χ3n) is 4.91. The summed E-state index contributed by atoms with van der Waals surface area (Å²) < 4.78 is 32.9. The maximum Gasteiger partial charge on any atom is 0.122 e. The number of aliphatic hydroxyl groups is 1. The molecule has 1 aromatic carbocycles. The summed E-state index contributed by atoms with van der Waals surface area (Å²) in [4.78, 5) is 0. The van der Waals surface area contributed by atoms with E-state index in [0.29, 0.717) is 72.7 Å². The van der Waals surface area contributed by atoms with Gasteiger partial charge >= 0.3 is 0 Å². The lowest BCUT2D eigenvalue weighted by atomic mass is 10.0. The molecule has 0 spiro atoms. The van der Waals surface area contributed by atoms with Gasteiger partial charge in [0.15, 0.2) is 0 Å². The Morgan fingerprint density at radius 2 is 1.15 bits per heavy atom. The molecular weight excluding hydrogens is 424 g/mol. The molecule has 0 aromatic heterocycles. The first kappa shape index (κ1) is 29.8. The summed E-state index contributed by atoms with van der Waals surface area (Å²) >= 11 is 0. The number of hydrogen-bond donors (Lipinski definition) is 1. The molecule has 33 heavy (non-hydrogen) atoms. The van der Waals surface area contributed by atoms with E-state index in [1.165, 1.54) is 31.2 Å². The van der Waals surface area contributed by atoms with E-state index in [9.17, 15) is 0 Å². The minimum atomic E-state index is 0.0370. The van der Waals surface area contributed by atoms with E-state index in [1.54, 1.807) is 0 Å². The smallest absolute Gasteiger partial charge is 0.122 e. The van der Waals surface area contributed by atoms with E-state index in [-0.39, 0.29) is 6.61 Å². The number of ether oxygens (including phenoxy) is 6. The number of para-hydroxylation sites is 1. The first-order chi connectivity index (χ1) is 16.2. The molecular formula is C26H46O7. The zero-order valence-electron chi connectivity index (χ0n) is 20.8. The van der Waals surface area contributed by atoms with E-state index in [2.05, 4.69) is 26.0 Å². The van der Waals surface area contributed by atoms with Gasteiger partial charge in [0, 0.05) is 0 Å². The molecule has 0 bridgehead atoms. The van der Waals surface area contributed by atoms with Gasteiger partial charge in [-0.2, -0.15) is 0 Å². The van der Waals surface area contributed by atoms with Crippen molar-refractivity contribution in [2.45, 2.75) is 46.0 Å². The second-order valence-corrected chi connectivity index (χ2v) is 8.23. The number of unbranched alkanes of at least 4 members (excludes halogenated alkanes) is 2. The average molecular weight is 471 g/mol. The molecule has 0 unspecified atom stereocenters. The highest BCUT2D eigenvalue weighted by Crippen LogP contribution is 2.21. The molecule has 0 radical (unpaired) electrons. The van der Waals surface area contributed by atoms with E-state index < -0.39 is 0 Å². The maximum absolute atomic E-state index is 8.57. The summed E-state index contributed by atoms with van der Waals surface area (Å²) in [6.07, 6.45) is 6.16. The van der Waals surface area contributed by atoms with Crippen LogP contribution in [0.3, 0.4) is 0 Å². The molecule has 0 saturated heterocycles. The van der Waals surface area contributed by atoms with Crippen molar-refractivity contribution < 1.29 is 33.5 Å². The molecule has 0 saturated carbocycles. The van der Waals surface area contributed by atoms with Gasteiger partial charge in [-0.25, -0.2) is 0 Å². The first-order valence-corrected chi connectivity index (χ1v) is 12.4. The van der Waals surface area contributed by atoms with Crippen LogP contribution in [0.5, 0.6) is 5.75 Å². The predicted octanol–water partition coefficient (Wildman–Crippen LogP) is 3.90. The van der Waals surface area contributed by atoms with Crippen LogP contribution in [0.15, 0.2) is 24.3 Å². The molecule has 7 heteroatoms. The average Bonchev–Trinajstić information content (AvgIpc) is 2.81. The van der Waals surface area contributed by atoms with Gasteiger partial charge in [-0.15, -0.1) is 0 Å². The summed E-state index contributed by atoms with van der Waals surface area (Å²) in [5.74, 6) is 1.76. The zero-order chi connectivity index (χ0) is 23.8. The highest BCUT2D eigenvalue weighted by atomic mass is 16.6. The Balaban J connectivity index is 1.91. The van der Waals surface area contributed by atoms with Crippen LogP contribution in [0, 0.1) is 5.92 Å². The fraction of sp³-hybridized carbons (Fsp3) is 0.769. The Kier molecular flexibility index (Phi) is 20.4. The lowest BCUT2D eigenvalue weighted by Gasteiger charge is -2.12.